The highest BCUT2D eigenvalue weighted by Gasteiger charge is 2.40. The van der Waals surface area contributed by atoms with Gasteiger partial charge in [0.15, 0.2) is 5.17 Å². The summed E-state index contributed by atoms with van der Waals surface area (Å²) in [4.78, 5) is 37.6. The molecular weight excluding hydrogens is 388 g/mol. The Balaban J connectivity index is 1.70. The van der Waals surface area contributed by atoms with Crippen LogP contribution >= 0.6 is 23.1 Å². The minimum absolute atomic E-state index is 0.0549. The van der Waals surface area contributed by atoms with Crippen molar-refractivity contribution < 1.29 is 19.5 Å². The Morgan fingerprint density at radius 3 is 2.85 bits per heavy atom. The molecule has 0 bridgehead atoms. The number of carbonyl (C=O) groups excluding carboxylic acids is 3. The van der Waals surface area contributed by atoms with Crippen LogP contribution in [0.1, 0.15) is 21.7 Å². The van der Waals surface area contributed by atoms with Crippen molar-refractivity contribution in [1.82, 2.24) is 0 Å². The van der Waals surface area contributed by atoms with Gasteiger partial charge in [0.25, 0.3) is 0 Å². The zero-order chi connectivity index (χ0) is 19.4. The number of benzene rings is 1. The summed E-state index contributed by atoms with van der Waals surface area (Å²) in [5, 5.41) is 19.9. The molecule has 2 N–H and O–H groups in total. The van der Waals surface area contributed by atoms with E-state index in [9.17, 15) is 19.5 Å². The van der Waals surface area contributed by atoms with Crippen molar-refractivity contribution in [3.05, 3.63) is 52.2 Å². The van der Waals surface area contributed by atoms with Crippen molar-refractivity contribution in [3.63, 3.8) is 0 Å². The molecule has 8 nitrogen and oxygen atoms in total. The van der Waals surface area contributed by atoms with Crippen molar-refractivity contribution in [1.29, 1.82) is 0 Å². The molecule has 2 heterocycles. The van der Waals surface area contributed by atoms with E-state index in [1.807, 2.05) is 17.5 Å². The van der Waals surface area contributed by atoms with E-state index in [0.29, 0.717) is 0 Å². The average molecular weight is 401 g/mol. The molecule has 1 aliphatic heterocycles. The first-order chi connectivity index (χ1) is 13.0. The van der Waals surface area contributed by atoms with Gasteiger partial charge in [0.05, 0.1) is 17.9 Å². The first-order valence-electron chi connectivity index (χ1n) is 7.70. The fraction of sp³-hybridized carbons (Fsp3) is 0.118. The highest BCUT2D eigenvalue weighted by Crippen LogP contribution is 2.30. The first-order valence-corrected chi connectivity index (χ1v) is 9.46. The lowest BCUT2D eigenvalue weighted by atomic mass is 10.2. The number of nitrogens with two attached hydrogens (primary N) is 1. The van der Waals surface area contributed by atoms with Gasteiger partial charge in [0, 0.05) is 11.3 Å². The average Bonchev–Trinajstić information content (AvgIpc) is 3.23. The molecule has 2 aromatic rings. The van der Waals surface area contributed by atoms with Crippen LogP contribution in [0.2, 0.25) is 0 Å². The Morgan fingerprint density at radius 2 is 2.15 bits per heavy atom. The predicted octanol–water partition coefficient (Wildman–Crippen LogP) is 0.825. The van der Waals surface area contributed by atoms with E-state index >= 15 is 0 Å². The van der Waals surface area contributed by atoms with Crippen LogP contribution in [-0.2, 0) is 9.59 Å². The molecule has 0 saturated carbocycles. The van der Waals surface area contributed by atoms with Gasteiger partial charge in [0.2, 0.25) is 11.8 Å². The summed E-state index contributed by atoms with van der Waals surface area (Å²) in [6, 6.07) is 9.22. The molecule has 1 saturated heterocycles. The zero-order valence-electron chi connectivity index (χ0n) is 13.8. The second kappa shape index (κ2) is 8.14. The maximum Gasteiger partial charge on any atom is 0.247 e. The molecule has 1 atom stereocenters. The Labute approximate surface area is 162 Å². The number of nitrogens with zero attached hydrogens (tertiary/aromatic N) is 3. The van der Waals surface area contributed by atoms with Crippen LogP contribution in [0.3, 0.4) is 0 Å². The van der Waals surface area contributed by atoms with E-state index in [0.717, 1.165) is 21.5 Å². The number of thioether (sulfide) groups is 1. The van der Waals surface area contributed by atoms with Crippen LogP contribution < -0.4 is 15.7 Å². The van der Waals surface area contributed by atoms with Gasteiger partial charge in [-0.15, -0.1) is 16.4 Å². The molecule has 10 heteroatoms. The van der Waals surface area contributed by atoms with Crippen molar-refractivity contribution >= 4 is 58.0 Å². The van der Waals surface area contributed by atoms with E-state index in [1.165, 1.54) is 41.8 Å². The van der Waals surface area contributed by atoms with E-state index in [1.54, 1.807) is 0 Å². The molecule has 1 aromatic heterocycles. The van der Waals surface area contributed by atoms with Crippen molar-refractivity contribution in [2.24, 2.45) is 15.9 Å². The molecule has 2 amide bonds. The number of carboxylic acid groups (broad SMARTS) is 1. The van der Waals surface area contributed by atoms with Gasteiger partial charge < -0.3 is 15.6 Å². The minimum Gasteiger partial charge on any atom is -0.545 e. The van der Waals surface area contributed by atoms with Gasteiger partial charge in [-0.05, 0) is 29.1 Å². The van der Waals surface area contributed by atoms with E-state index < -0.39 is 23.0 Å². The van der Waals surface area contributed by atoms with Gasteiger partial charge in [-0.2, -0.15) is 5.10 Å². The molecule has 27 heavy (non-hydrogen) atoms. The molecule has 1 aliphatic rings. The molecule has 3 rings (SSSR count). The third-order valence-corrected chi connectivity index (χ3v) is 5.38. The second-order valence-corrected chi connectivity index (χ2v) is 7.62. The van der Waals surface area contributed by atoms with Crippen LogP contribution in [0.15, 0.2) is 52.0 Å². The number of amides is 2. The number of carboxylic acids is 1. The number of carbonyl (C=O) groups is 3. The standard InChI is InChI=1S/C17H14N4O4S2/c18-17(20-19-9-12-5-2-6-26-12)27-13-8-14(22)21(15(13)23)11-4-1-3-10(7-11)16(24)25/h1-7,9,13H,8H2,(H2,18,20)(H,24,25)/p-1/b19-9-/t13-/m0/s1. The summed E-state index contributed by atoms with van der Waals surface area (Å²) in [5.41, 5.74) is 5.85. The number of anilines is 1. The SMILES string of the molecule is NC(=N/N=C\c1cccs1)S[C@H]1CC(=O)N(c2cccc(C(=O)[O-])c2)C1=O. The molecule has 0 unspecified atom stereocenters. The van der Waals surface area contributed by atoms with Crippen LogP contribution in [0.25, 0.3) is 0 Å². The Hall–Kier alpha value is -2.98. The molecule has 0 aliphatic carbocycles. The molecule has 1 aromatic carbocycles. The van der Waals surface area contributed by atoms with E-state index in [4.69, 9.17) is 5.73 Å². The number of hydrogen-bond acceptors (Lipinski definition) is 8. The quantitative estimate of drug-likeness (QED) is 0.342. The summed E-state index contributed by atoms with van der Waals surface area (Å²) >= 11 is 2.43. The maximum atomic E-state index is 12.6. The molecular formula is C17H13N4O4S2-. The lowest BCUT2D eigenvalue weighted by Gasteiger charge is -2.16. The van der Waals surface area contributed by atoms with Crippen molar-refractivity contribution in [3.8, 4) is 0 Å². The predicted molar refractivity (Wildman–Crippen MR) is 103 cm³/mol. The fourth-order valence-electron chi connectivity index (χ4n) is 2.42. The second-order valence-electron chi connectivity index (χ2n) is 5.41. The highest BCUT2D eigenvalue weighted by molar-refractivity contribution is 8.14. The number of hydrogen-bond donors (Lipinski definition) is 1. The molecule has 1 fully saturated rings. The maximum absolute atomic E-state index is 12.6. The van der Waals surface area contributed by atoms with Crippen molar-refractivity contribution in [2.45, 2.75) is 11.7 Å². The molecule has 0 spiro atoms. The zero-order valence-corrected chi connectivity index (χ0v) is 15.4. The van der Waals surface area contributed by atoms with Gasteiger partial charge >= 0.3 is 0 Å². The lowest BCUT2D eigenvalue weighted by molar-refractivity contribution is -0.255. The van der Waals surface area contributed by atoms with E-state index in [-0.39, 0.29) is 22.8 Å². The number of amidine groups is 1. The minimum atomic E-state index is -1.39. The normalized spacial score (nSPS) is 17.9. The monoisotopic (exact) mass is 401 g/mol. The molecule has 0 radical (unpaired) electrons. The topological polar surface area (TPSA) is 128 Å². The number of rotatable bonds is 5. The summed E-state index contributed by atoms with van der Waals surface area (Å²) in [6.45, 7) is 0. The Kier molecular flexibility index (Phi) is 5.67. The van der Waals surface area contributed by atoms with Gasteiger partial charge in [0.1, 0.15) is 5.25 Å². The highest BCUT2D eigenvalue weighted by atomic mass is 32.2. The van der Waals surface area contributed by atoms with Crippen LogP contribution in [0.4, 0.5) is 5.69 Å². The molecule has 138 valence electrons. The Bertz CT molecular complexity index is 940. The van der Waals surface area contributed by atoms with Gasteiger partial charge in [-0.3, -0.25) is 9.59 Å². The van der Waals surface area contributed by atoms with Crippen LogP contribution in [0.5, 0.6) is 0 Å². The summed E-state index contributed by atoms with van der Waals surface area (Å²) in [5.74, 6) is -2.31. The third-order valence-electron chi connectivity index (χ3n) is 3.59. The smallest absolute Gasteiger partial charge is 0.247 e. The summed E-state index contributed by atoms with van der Waals surface area (Å²) in [7, 11) is 0. The van der Waals surface area contributed by atoms with Crippen LogP contribution in [-0.4, -0.2) is 34.4 Å². The lowest BCUT2D eigenvalue weighted by Crippen LogP contribution is -2.32. The summed E-state index contributed by atoms with van der Waals surface area (Å²) in [6.07, 6.45) is 1.47. The number of imide groups is 1. The van der Waals surface area contributed by atoms with E-state index in [2.05, 4.69) is 10.2 Å². The first kappa shape index (κ1) is 18.8. The third kappa shape index (κ3) is 4.41. The number of aromatic carboxylic acids is 1. The number of thiophene rings is 1. The van der Waals surface area contributed by atoms with Crippen molar-refractivity contribution in [2.75, 3.05) is 4.90 Å². The van der Waals surface area contributed by atoms with Crippen LogP contribution in [0, 0.1) is 0 Å². The summed E-state index contributed by atoms with van der Waals surface area (Å²) < 4.78 is 0. The van der Waals surface area contributed by atoms with Gasteiger partial charge in [-0.1, -0.05) is 30.0 Å². The largest absolute Gasteiger partial charge is 0.545 e. The van der Waals surface area contributed by atoms with Gasteiger partial charge in [-0.25, -0.2) is 4.90 Å². The fourth-order valence-corrected chi connectivity index (χ4v) is 3.81. The Morgan fingerprint density at radius 1 is 1.33 bits per heavy atom.